The van der Waals surface area contributed by atoms with Crippen molar-refractivity contribution in [3.05, 3.63) is 11.8 Å². The topological polar surface area (TPSA) is 76.2 Å². The SMILES string of the molecule is CC(C)N(C)CCNC(=O)c1cnn(C)c1N. The first kappa shape index (κ1) is 13.5. The Bertz CT molecular complexity index is 385. The van der Waals surface area contributed by atoms with Crippen LogP contribution in [0.5, 0.6) is 0 Å². The third-order valence-corrected chi connectivity index (χ3v) is 2.86. The molecule has 1 aromatic heterocycles. The van der Waals surface area contributed by atoms with Gasteiger partial charge in [0.15, 0.2) is 0 Å². The van der Waals surface area contributed by atoms with E-state index in [9.17, 15) is 4.79 Å². The monoisotopic (exact) mass is 239 g/mol. The van der Waals surface area contributed by atoms with Gasteiger partial charge in [-0.05, 0) is 20.9 Å². The third kappa shape index (κ3) is 3.45. The van der Waals surface area contributed by atoms with Crippen molar-refractivity contribution in [3.8, 4) is 0 Å². The maximum absolute atomic E-state index is 11.8. The highest BCUT2D eigenvalue weighted by molar-refractivity contribution is 5.98. The Morgan fingerprint density at radius 1 is 1.65 bits per heavy atom. The normalized spacial score (nSPS) is 11.2. The van der Waals surface area contributed by atoms with Gasteiger partial charge in [-0.15, -0.1) is 0 Å². The van der Waals surface area contributed by atoms with E-state index in [1.54, 1.807) is 7.05 Å². The van der Waals surface area contributed by atoms with Gasteiger partial charge in [0.2, 0.25) is 0 Å². The van der Waals surface area contributed by atoms with Gasteiger partial charge in [0.1, 0.15) is 11.4 Å². The highest BCUT2D eigenvalue weighted by Crippen LogP contribution is 2.08. The Hall–Kier alpha value is -1.56. The maximum Gasteiger partial charge on any atom is 0.256 e. The van der Waals surface area contributed by atoms with Crippen molar-refractivity contribution in [1.29, 1.82) is 0 Å². The molecule has 17 heavy (non-hydrogen) atoms. The summed E-state index contributed by atoms with van der Waals surface area (Å²) in [5.41, 5.74) is 6.14. The summed E-state index contributed by atoms with van der Waals surface area (Å²) in [5, 5.41) is 6.75. The average Bonchev–Trinajstić information content (AvgIpc) is 2.59. The minimum Gasteiger partial charge on any atom is -0.383 e. The summed E-state index contributed by atoms with van der Waals surface area (Å²) in [6.07, 6.45) is 1.48. The van der Waals surface area contributed by atoms with Crippen molar-refractivity contribution in [2.24, 2.45) is 7.05 Å². The van der Waals surface area contributed by atoms with Crippen LogP contribution in [0.25, 0.3) is 0 Å². The number of nitrogens with one attached hydrogen (secondary N) is 1. The molecule has 0 spiro atoms. The van der Waals surface area contributed by atoms with Gasteiger partial charge in [0.05, 0.1) is 6.20 Å². The van der Waals surface area contributed by atoms with Crippen LogP contribution in [-0.2, 0) is 7.05 Å². The smallest absolute Gasteiger partial charge is 0.256 e. The number of likely N-dealkylation sites (N-methyl/N-ethyl adjacent to an activating group) is 1. The fourth-order valence-corrected chi connectivity index (χ4v) is 1.32. The number of amides is 1. The van der Waals surface area contributed by atoms with Crippen LogP contribution in [0, 0.1) is 0 Å². The summed E-state index contributed by atoms with van der Waals surface area (Å²) in [5.74, 6) is 0.215. The van der Waals surface area contributed by atoms with Gasteiger partial charge in [0.25, 0.3) is 5.91 Å². The van der Waals surface area contributed by atoms with Crippen LogP contribution in [0.4, 0.5) is 5.82 Å². The quantitative estimate of drug-likeness (QED) is 0.762. The Morgan fingerprint density at radius 2 is 2.29 bits per heavy atom. The second-order valence-corrected chi connectivity index (χ2v) is 4.40. The van der Waals surface area contributed by atoms with Crippen molar-refractivity contribution >= 4 is 11.7 Å². The third-order valence-electron chi connectivity index (χ3n) is 2.86. The number of carbonyl (C=O) groups excluding carboxylic acids is 1. The first-order valence-corrected chi connectivity index (χ1v) is 5.69. The Morgan fingerprint density at radius 3 is 2.76 bits per heavy atom. The van der Waals surface area contributed by atoms with Gasteiger partial charge >= 0.3 is 0 Å². The number of carbonyl (C=O) groups is 1. The predicted molar refractivity (Wildman–Crippen MR) is 67.7 cm³/mol. The van der Waals surface area contributed by atoms with Crippen LogP contribution < -0.4 is 11.1 Å². The molecule has 1 heterocycles. The largest absolute Gasteiger partial charge is 0.383 e. The lowest BCUT2D eigenvalue weighted by molar-refractivity contribution is 0.0949. The molecule has 0 atom stereocenters. The molecule has 3 N–H and O–H groups in total. The summed E-state index contributed by atoms with van der Waals surface area (Å²) in [6, 6.07) is 0.468. The van der Waals surface area contributed by atoms with E-state index in [4.69, 9.17) is 5.73 Å². The van der Waals surface area contributed by atoms with E-state index < -0.39 is 0 Å². The molecule has 1 amide bonds. The molecule has 0 aliphatic heterocycles. The summed E-state index contributed by atoms with van der Waals surface area (Å²) in [7, 11) is 3.73. The first-order valence-electron chi connectivity index (χ1n) is 5.69. The van der Waals surface area contributed by atoms with E-state index in [0.29, 0.717) is 24.0 Å². The van der Waals surface area contributed by atoms with Crippen LogP contribution in [0.15, 0.2) is 6.20 Å². The van der Waals surface area contributed by atoms with E-state index >= 15 is 0 Å². The van der Waals surface area contributed by atoms with Crippen LogP contribution in [0.1, 0.15) is 24.2 Å². The molecule has 0 radical (unpaired) electrons. The van der Waals surface area contributed by atoms with Gasteiger partial charge in [0, 0.05) is 26.2 Å². The maximum atomic E-state index is 11.8. The Labute approximate surface area is 102 Å². The molecule has 0 saturated heterocycles. The van der Waals surface area contributed by atoms with Crippen molar-refractivity contribution < 1.29 is 4.79 Å². The first-order chi connectivity index (χ1) is 7.93. The average molecular weight is 239 g/mol. The second-order valence-electron chi connectivity index (χ2n) is 4.40. The summed E-state index contributed by atoms with van der Waals surface area (Å²) in [4.78, 5) is 13.9. The fourth-order valence-electron chi connectivity index (χ4n) is 1.32. The summed E-state index contributed by atoms with van der Waals surface area (Å²) >= 11 is 0. The molecule has 0 fully saturated rings. The van der Waals surface area contributed by atoms with Crippen molar-refractivity contribution in [2.75, 3.05) is 25.9 Å². The molecule has 1 aromatic rings. The minimum absolute atomic E-state index is 0.173. The molecule has 0 saturated carbocycles. The fraction of sp³-hybridized carbons (Fsp3) is 0.636. The highest BCUT2D eigenvalue weighted by Gasteiger charge is 2.13. The lowest BCUT2D eigenvalue weighted by Crippen LogP contribution is -2.36. The van der Waals surface area contributed by atoms with Crippen LogP contribution >= 0.6 is 0 Å². The minimum atomic E-state index is -0.173. The number of hydrogen-bond acceptors (Lipinski definition) is 4. The summed E-state index contributed by atoms with van der Waals surface area (Å²) < 4.78 is 1.48. The second kappa shape index (κ2) is 5.67. The number of anilines is 1. The van der Waals surface area contributed by atoms with Crippen LogP contribution in [-0.4, -0.2) is 46.8 Å². The van der Waals surface area contributed by atoms with E-state index in [0.717, 1.165) is 6.54 Å². The molecule has 0 aliphatic rings. The molecule has 0 aromatic carbocycles. The van der Waals surface area contributed by atoms with Gasteiger partial charge in [-0.2, -0.15) is 5.10 Å². The predicted octanol–water partition coefficient (Wildman–Crippen LogP) is 0.0723. The number of nitrogens with two attached hydrogens (primary N) is 1. The van der Waals surface area contributed by atoms with E-state index in [-0.39, 0.29) is 5.91 Å². The molecular formula is C11H21N5O. The molecule has 6 nitrogen and oxygen atoms in total. The van der Waals surface area contributed by atoms with Gasteiger partial charge in [-0.3, -0.25) is 9.48 Å². The highest BCUT2D eigenvalue weighted by atomic mass is 16.1. The van der Waals surface area contributed by atoms with Crippen LogP contribution in [0.2, 0.25) is 0 Å². The van der Waals surface area contributed by atoms with Gasteiger partial charge in [-0.1, -0.05) is 0 Å². The number of rotatable bonds is 5. The zero-order valence-corrected chi connectivity index (χ0v) is 10.9. The van der Waals surface area contributed by atoms with E-state index in [2.05, 4.69) is 29.2 Å². The standard InChI is InChI=1S/C11H21N5O/c1-8(2)15(3)6-5-13-11(17)9-7-14-16(4)10(9)12/h7-8H,5-6,12H2,1-4H3,(H,13,17). The zero-order valence-electron chi connectivity index (χ0n) is 10.9. The molecule has 96 valence electrons. The summed E-state index contributed by atoms with van der Waals surface area (Å²) in [6.45, 7) is 5.63. The van der Waals surface area contributed by atoms with Gasteiger partial charge < -0.3 is 16.0 Å². The van der Waals surface area contributed by atoms with Crippen molar-refractivity contribution in [2.45, 2.75) is 19.9 Å². The van der Waals surface area contributed by atoms with Crippen molar-refractivity contribution in [3.63, 3.8) is 0 Å². The van der Waals surface area contributed by atoms with Crippen molar-refractivity contribution in [1.82, 2.24) is 20.0 Å². The Kier molecular flexibility index (Phi) is 4.51. The lowest BCUT2D eigenvalue weighted by atomic mass is 10.3. The molecule has 1 rings (SSSR count). The molecule has 0 aliphatic carbocycles. The molecule has 6 heteroatoms. The number of aryl methyl sites for hydroxylation is 1. The number of aromatic nitrogens is 2. The number of nitrogens with zero attached hydrogens (tertiary/aromatic N) is 3. The lowest BCUT2D eigenvalue weighted by Gasteiger charge is -2.20. The molecular weight excluding hydrogens is 218 g/mol. The molecule has 0 unspecified atom stereocenters. The molecule has 0 bridgehead atoms. The number of nitrogen functional groups attached to an aromatic ring is 1. The van der Waals surface area contributed by atoms with E-state index in [1.165, 1.54) is 10.9 Å². The zero-order chi connectivity index (χ0) is 13.0. The van der Waals surface area contributed by atoms with Gasteiger partial charge in [-0.25, -0.2) is 0 Å². The number of hydrogen-bond donors (Lipinski definition) is 2. The van der Waals surface area contributed by atoms with Crippen LogP contribution in [0.3, 0.4) is 0 Å². The van der Waals surface area contributed by atoms with E-state index in [1.807, 2.05) is 7.05 Å². The Balaban J connectivity index is 2.43.